The highest BCUT2D eigenvalue weighted by atomic mass is 14.8. The third kappa shape index (κ3) is 14.7. The Morgan fingerprint density at radius 1 is 0.690 bits per heavy atom. The molecule has 0 aromatic heterocycles. The molecule has 0 aliphatic carbocycles. The zero-order valence-corrected chi connectivity index (χ0v) is 35.8. The number of benzene rings is 4. The number of allylic oxidation sites excluding steroid dienone is 15. The Morgan fingerprint density at radius 3 is 1.81 bits per heavy atom. The lowest BCUT2D eigenvalue weighted by molar-refractivity contribution is 1.23. The molecule has 0 radical (unpaired) electrons. The van der Waals surface area contributed by atoms with Gasteiger partial charge in [0.05, 0.1) is 35.5 Å². The summed E-state index contributed by atoms with van der Waals surface area (Å²) in [5, 5.41) is 19.9. The summed E-state index contributed by atoms with van der Waals surface area (Å²) in [4.78, 5) is 4.98. The Balaban J connectivity index is 0.00000281. The minimum absolute atomic E-state index is 0.210. The maximum Gasteiger partial charge on any atom is 0.0991 e. The SMILES string of the molecule is C=C\C(=C/C(=C\CC#N)/C=C/C(C#N)=C\C(=C/C)C(/C=C(\C)c1ccccc1)=NC(=C)c1ccccc1)c1cc(/C(=C/C)CC)cc(-c2ccccc2)c1.CC.CC. The molecule has 0 atom stereocenters. The van der Waals surface area contributed by atoms with Crippen LogP contribution in [-0.2, 0) is 0 Å². The second-order valence-electron chi connectivity index (χ2n) is 12.5. The zero-order valence-electron chi connectivity index (χ0n) is 35.8. The van der Waals surface area contributed by atoms with Crippen molar-refractivity contribution in [3.8, 4) is 23.3 Å². The molecule has 0 spiro atoms. The molecule has 4 aromatic rings. The second kappa shape index (κ2) is 26.9. The summed E-state index contributed by atoms with van der Waals surface area (Å²) in [6.07, 6.45) is 18.5. The second-order valence-corrected chi connectivity index (χ2v) is 12.5. The predicted octanol–water partition coefficient (Wildman–Crippen LogP) is 15.8. The van der Waals surface area contributed by atoms with Gasteiger partial charge in [0.25, 0.3) is 0 Å². The smallest absolute Gasteiger partial charge is 0.0991 e. The van der Waals surface area contributed by atoms with Crippen LogP contribution in [0.2, 0.25) is 0 Å². The van der Waals surface area contributed by atoms with Gasteiger partial charge in [0.15, 0.2) is 0 Å². The predicted molar refractivity (Wildman–Crippen MR) is 255 cm³/mol. The van der Waals surface area contributed by atoms with Gasteiger partial charge < -0.3 is 0 Å². The van der Waals surface area contributed by atoms with Gasteiger partial charge >= 0.3 is 0 Å². The quantitative estimate of drug-likeness (QED) is 0.0688. The third-order valence-corrected chi connectivity index (χ3v) is 8.89. The first-order valence-corrected chi connectivity index (χ1v) is 20.1. The minimum Gasteiger partial charge on any atom is -0.248 e. The average molecular weight is 762 g/mol. The summed E-state index contributed by atoms with van der Waals surface area (Å²) >= 11 is 0. The largest absolute Gasteiger partial charge is 0.248 e. The topological polar surface area (TPSA) is 59.9 Å². The zero-order chi connectivity index (χ0) is 42.7. The van der Waals surface area contributed by atoms with Gasteiger partial charge in [-0.25, -0.2) is 4.99 Å². The monoisotopic (exact) mass is 761 g/mol. The first kappa shape index (κ1) is 47.3. The van der Waals surface area contributed by atoms with Crippen LogP contribution in [0.1, 0.15) is 90.5 Å². The van der Waals surface area contributed by atoms with Crippen molar-refractivity contribution in [2.45, 2.75) is 68.2 Å². The molecule has 0 amide bonds. The summed E-state index contributed by atoms with van der Waals surface area (Å²) in [7, 11) is 0. The van der Waals surface area contributed by atoms with Gasteiger partial charge in [-0.15, -0.1) is 0 Å². The first-order valence-electron chi connectivity index (χ1n) is 20.1. The van der Waals surface area contributed by atoms with E-state index in [1.165, 1.54) is 5.57 Å². The average Bonchev–Trinajstić information content (AvgIpc) is 3.29. The third-order valence-electron chi connectivity index (χ3n) is 8.89. The van der Waals surface area contributed by atoms with E-state index in [-0.39, 0.29) is 6.42 Å². The van der Waals surface area contributed by atoms with Crippen molar-refractivity contribution in [1.82, 2.24) is 0 Å². The molecule has 294 valence electrons. The normalized spacial score (nSPS) is 12.7. The Labute approximate surface area is 349 Å². The number of rotatable bonds is 15. The molecule has 0 unspecified atom stereocenters. The molecule has 3 heteroatoms. The van der Waals surface area contributed by atoms with E-state index < -0.39 is 0 Å². The summed E-state index contributed by atoms with van der Waals surface area (Å²) < 4.78 is 0. The lowest BCUT2D eigenvalue weighted by atomic mass is 9.91. The summed E-state index contributed by atoms with van der Waals surface area (Å²) in [5.41, 5.74) is 12.9. The molecule has 0 heterocycles. The number of hydrogen-bond acceptors (Lipinski definition) is 3. The van der Waals surface area contributed by atoms with Gasteiger partial charge in [-0.2, -0.15) is 10.5 Å². The van der Waals surface area contributed by atoms with E-state index >= 15 is 0 Å². The Morgan fingerprint density at radius 2 is 1.28 bits per heavy atom. The molecule has 0 saturated heterocycles. The van der Waals surface area contributed by atoms with E-state index in [1.54, 1.807) is 6.08 Å². The maximum atomic E-state index is 10.4. The highest BCUT2D eigenvalue weighted by molar-refractivity contribution is 6.15. The van der Waals surface area contributed by atoms with E-state index in [9.17, 15) is 10.5 Å². The van der Waals surface area contributed by atoms with E-state index in [4.69, 9.17) is 4.99 Å². The molecule has 0 aliphatic heterocycles. The molecule has 4 rings (SSSR count). The van der Waals surface area contributed by atoms with E-state index in [0.29, 0.717) is 17.0 Å². The number of hydrogen-bond donors (Lipinski definition) is 0. The van der Waals surface area contributed by atoms with Crippen LogP contribution in [0.3, 0.4) is 0 Å². The molecule has 4 aromatic carbocycles. The van der Waals surface area contributed by atoms with Gasteiger partial charge in [0.2, 0.25) is 0 Å². The maximum absolute atomic E-state index is 10.4. The minimum atomic E-state index is 0.210. The fourth-order valence-corrected chi connectivity index (χ4v) is 5.92. The van der Waals surface area contributed by atoms with Gasteiger partial charge in [0, 0.05) is 0 Å². The van der Waals surface area contributed by atoms with Gasteiger partial charge in [0.1, 0.15) is 0 Å². The molecule has 0 saturated carbocycles. The van der Waals surface area contributed by atoms with Crippen molar-refractivity contribution in [2.75, 3.05) is 0 Å². The first-order chi connectivity index (χ1) is 28.3. The number of nitriles is 2. The molecule has 3 nitrogen and oxygen atoms in total. The summed E-state index contributed by atoms with van der Waals surface area (Å²) in [6, 6.07) is 41.5. The van der Waals surface area contributed by atoms with Crippen LogP contribution in [0.15, 0.2) is 199 Å². The fourth-order valence-electron chi connectivity index (χ4n) is 5.92. The summed E-state index contributed by atoms with van der Waals surface area (Å²) in [5.74, 6) is 0. The molecule has 0 fully saturated rings. The van der Waals surface area contributed by atoms with Crippen LogP contribution in [0.4, 0.5) is 0 Å². The summed E-state index contributed by atoms with van der Waals surface area (Å²) in [6.45, 7) is 24.6. The lowest BCUT2D eigenvalue weighted by Crippen LogP contribution is -2.00. The molecule has 0 aliphatic rings. The van der Waals surface area contributed by atoms with Gasteiger partial charge in [-0.05, 0) is 131 Å². The fraction of sp³-hybridized carbons (Fsp3) is 0.182. The standard InChI is InChI=1S/C51H47N3.2C2H6/c1-7-42(8-2)48-34-49(36-50(35-48)47-26-18-13-19-27-47)43(9-3)32-40(21-20-30-52)28-29-41(37-53)33-44(10-4)51(31-38(5)45-22-14-11-15-23-45)54-39(6)46-24-16-12-17-25-46;2*1-2/h7,9-19,21-29,31-36H,3,6,8,20H2,1-2,4-5H3;2*1-2H3/b29-28+,38-31+,40-21-,41-33+,42-7+,43-32+,44-10+,54-51?;;. The van der Waals surface area contributed by atoms with Crippen LogP contribution >= 0.6 is 0 Å². The van der Waals surface area contributed by atoms with Gasteiger partial charge in [-0.1, -0.05) is 169 Å². The Hall–Kier alpha value is -6.81. The van der Waals surface area contributed by atoms with E-state index in [2.05, 4.69) is 87.7 Å². The van der Waals surface area contributed by atoms with Crippen molar-refractivity contribution < 1.29 is 0 Å². The number of aliphatic imine (C=N–C) groups is 1. The van der Waals surface area contributed by atoms with Crippen LogP contribution in [-0.4, -0.2) is 5.71 Å². The highest BCUT2D eigenvalue weighted by Crippen LogP contribution is 2.31. The van der Waals surface area contributed by atoms with Crippen molar-refractivity contribution in [3.63, 3.8) is 0 Å². The van der Waals surface area contributed by atoms with Crippen molar-refractivity contribution in [2.24, 2.45) is 4.99 Å². The van der Waals surface area contributed by atoms with E-state index in [0.717, 1.165) is 62.1 Å². The van der Waals surface area contributed by atoms with Crippen molar-refractivity contribution in [1.29, 1.82) is 10.5 Å². The van der Waals surface area contributed by atoms with Gasteiger partial charge in [-0.3, -0.25) is 0 Å². The molecular formula is C55H59N3. The Kier molecular flexibility index (Phi) is 22.0. The molecule has 58 heavy (non-hydrogen) atoms. The van der Waals surface area contributed by atoms with Crippen LogP contribution in [0.25, 0.3) is 33.5 Å². The lowest BCUT2D eigenvalue weighted by Gasteiger charge is -2.13. The van der Waals surface area contributed by atoms with Crippen LogP contribution in [0, 0.1) is 22.7 Å². The van der Waals surface area contributed by atoms with Crippen molar-refractivity contribution in [3.05, 3.63) is 216 Å². The highest BCUT2D eigenvalue weighted by Gasteiger charge is 2.10. The van der Waals surface area contributed by atoms with Crippen molar-refractivity contribution >= 4 is 28.1 Å². The Bertz CT molecular complexity index is 2270. The van der Waals surface area contributed by atoms with E-state index in [1.807, 2.05) is 151 Å². The molecule has 0 N–H and O–H groups in total. The van der Waals surface area contributed by atoms with Crippen LogP contribution < -0.4 is 0 Å². The molecule has 0 bridgehead atoms. The molecular weight excluding hydrogens is 703 g/mol. The van der Waals surface area contributed by atoms with Crippen LogP contribution in [0.5, 0.6) is 0 Å². The number of nitrogens with zero attached hydrogens (tertiary/aromatic N) is 3.